The van der Waals surface area contributed by atoms with E-state index in [-0.39, 0.29) is 16.7 Å². The Morgan fingerprint density at radius 3 is 2.38 bits per heavy atom. The Balaban J connectivity index is 1.55. The Bertz CT molecular complexity index is 1060. The lowest BCUT2D eigenvalue weighted by molar-refractivity contribution is -0.137. The summed E-state index contributed by atoms with van der Waals surface area (Å²) >= 11 is 10.9. The average Bonchev–Trinajstić information content (AvgIpc) is 3.02. The third kappa shape index (κ3) is 6.51. The zero-order chi connectivity index (χ0) is 27.4. The molecule has 0 spiro atoms. The number of unbranched alkanes of at least 4 members (excludes halogenated alkanes) is 2. The highest BCUT2D eigenvalue weighted by Gasteiger charge is 2.49. The van der Waals surface area contributed by atoms with Crippen LogP contribution in [0.25, 0.3) is 0 Å². The van der Waals surface area contributed by atoms with Gasteiger partial charge in [0.2, 0.25) is 0 Å². The highest BCUT2D eigenvalue weighted by Crippen LogP contribution is 2.38. The summed E-state index contributed by atoms with van der Waals surface area (Å²) in [5.41, 5.74) is -2.54. The van der Waals surface area contributed by atoms with E-state index in [1.165, 1.54) is 6.07 Å². The number of benzene rings is 1. The zero-order valence-corrected chi connectivity index (χ0v) is 23.0. The molecule has 202 valence electrons. The maximum atomic E-state index is 13.5. The molecular formula is C25H33F3N6OS2. The van der Waals surface area contributed by atoms with Gasteiger partial charge in [0.25, 0.3) is 5.91 Å². The van der Waals surface area contributed by atoms with Crippen molar-refractivity contribution < 1.29 is 18.0 Å². The first-order chi connectivity index (χ1) is 17.4. The SMILES string of the molecule is CCNC(=S)N1CCN(CCCCCN2C(=S)N(c3ccc(C#N)c(C(F)(F)F)c3)C(=O)C2(C)C)CC1. The van der Waals surface area contributed by atoms with Gasteiger partial charge in [-0.25, -0.2) is 0 Å². The van der Waals surface area contributed by atoms with Crippen molar-refractivity contribution in [2.45, 2.75) is 51.7 Å². The Hall–Kier alpha value is -2.49. The van der Waals surface area contributed by atoms with E-state index in [9.17, 15) is 18.0 Å². The van der Waals surface area contributed by atoms with Crippen LogP contribution in [-0.2, 0) is 11.0 Å². The fourth-order valence-electron chi connectivity index (χ4n) is 4.66. The van der Waals surface area contributed by atoms with E-state index in [1.807, 2.05) is 6.92 Å². The molecule has 0 unspecified atom stereocenters. The number of carbonyl (C=O) groups excluding carboxylic acids is 1. The van der Waals surface area contributed by atoms with Crippen LogP contribution in [0.5, 0.6) is 0 Å². The largest absolute Gasteiger partial charge is 0.417 e. The van der Waals surface area contributed by atoms with Gasteiger partial charge < -0.3 is 15.1 Å². The van der Waals surface area contributed by atoms with Crippen molar-refractivity contribution in [3.8, 4) is 6.07 Å². The van der Waals surface area contributed by atoms with Crippen LogP contribution in [0, 0.1) is 11.3 Å². The average molecular weight is 555 g/mol. The first kappa shape index (κ1) is 29.1. The topological polar surface area (TPSA) is 65.8 Å². The molecule has 1 aromatic carbocycles. The third-order valence-corrected chi connectivity index (χ3v) is 7.66. The van der Waals surface area contributed by atoms with Crippen LogP contribution in [0.4, 0.5) is 18.9 Å². The lowest BCUT2D eigenvalue weighted by Gasteiger charge is -2.36. The number of anilines is 1. The fraction of sp³-hybridized carbons (Fsp3) is 0.600. The first-order valence-corrected chi connectivity index (χ1v) is 13.3. The Kier molecular flexibility index (Phi) is 9.37. The number of carbonyl (C=O) groups is 1. The maximum absolute atomic E-state index is 13.5. The van der Waals surface area contributed by atoms with E-state index < -0.39 is 22.8 Å². The van der Waals surface area contributed by atoms with E-state index in [0.717, 1.165) is 80.7 Å². The molecule has 0 aromatic heterocycles. The molecule has 2 heterocycles. The summed E-state index contributed by atoms with van der Waals surface area (Å²) in [4.78, 5) is 20.8. The van der Waals surface area contributed by atoms with Crippen LogP contribution in [0.1, 0.15) is 51.2 Å². The smallest absolute Gasteiger partial charge is 0.363 e. The highest BCUT2D eigenvalue weighted by molar-refractivity contribution is 7.80. The van der Waals surface area contributed by atoms with Gasteiger partial charge in [-0.15, -0.1) is 0 Å². The van der Waals surface area contributed by atoms with Crippen molar-refractivity contribution in [2.24, 2.45) is 0 Å². The molecule has 1 aromatic rings. The molecule has 0 bridgehead atoms. The normalized spacial score (nSPS) is 18.4. The van der Waals surface area contributed by atoms with Crippen molar-refractivity contribution in [3.63, 3.8) is 0 Å². The minimum absolute atomic E-state index is 0.0182. The number of halogens is 3. The van der Waals surface area contributed by atoms with Gasteiger partial charge in [0, 0.05) is 39.3 Å². The van der Waals surface area contributed by atoms with Gasteiger partial charge in [0.1, 0.15) is 5.54 Å². The molecule has 2 aliphatic rings. The van der Waals surface area contributed by atoms with Crippen molar-refractivity contribution in [3.05, 3.63) is 29.3 Å². The zero-order valence-electron chi connectivity index (χ0n) is 21.4. The number of nitriles is 1. The number of hydrogen-bond donors (Lipinski definition) is 1. The molecule has 1 amide bonds. The molecule has 2 fully saturated rings. The van der Waals surface area contributed by atoms with Gasteiger partial charge in [-0.3, -0.25) is 14.6 Å². The van der Waals surface area contributed by atoms with Gasteiger partial charge >= 0.3 is 6.18 Å². The van der Waals surface area contributed by atoms with Gasteiger partial charge in [0.15, 0.2) is 10.2 Å². The molecule has 1 N–H and O–H groups in total. The van der Waals surface area contributed by atoms with Crippen molar-refractivity contribution >= 4 is 46.3 Å². The summed E-state index contributed by atoms with van der Waals surface area (Å²) < 4.78 is 40.4. The number of amides is 1. The van der Waals surface area contributed by atoms with Crippen molar-refractivity contribution in [1.29, 1.82) is 5.26 Å². The number of hydrogen-bond acceptors (Lipinski definition) is 5. The number of nitrogens with zero attached hydrogens (tertiary/aromatic N) is 5. The minimum Gasteiger partial charge on any atom is -0.363 e. The van der Waals surface area contributed by atoms with Gasteiger partial charge in [-0.2, -0.15) is 18.4 Å². The lowest BCUT2D eigenvalue weighted by Crippen LogP contribution is -2.51. The summed E-state index contributed by atoms with van der Waals surface area (Å²) in [7, 11) is 0. The van der Waals surface area contributed by atoms with E-state index in [1.54, 1.807) is 24.8 Å². The quantitative estimate of drug-likeness (QED) is 0.383. The predicted molar refractivity (Wildman–Crippen MR) is 145 cm³/mol. The molecule has 0 atom stereocenters. The highest BCUT2D eigenvalue weighted by atomic mass is 32.1. The van der Waals surface area contributed by atoms with Crippen LogP contribution in [0.3, 0.4) is 0 Å². The van der Waals surface area contributed by atoms with Crippen LogP contribution >= 0.6 is 24.4 Å². The standard InChI is InChI=1S/C25H33F3N6OS2/c1-4-30-22(36)32-14-12-31(13-15-32)10-6-5-7-11-33-23(37)34(21(35)24(33,2)3)19-9-8-18(17-29)20(16-19)25(26,27)28/h8-9,16H,4-7,10-15H2,1-3H3,(H,30,36). The molecule has 0 aliphatic carbocycles. The number of alkyl halides is 3. The molecule has 7 nitrogen and oxygen atoms in total. The molecule has 0 radical (unpaired) electrons. The summed E-state index contributed by atoms with van der Waals surface area (Å²) in [5, 5.41) is 13.3. The predicted octanol–water partition coefficient (Wildman–Crippen LogP) is 3.97. The van der Waals surface area contributed by atoms with Crippen LogP contribution in [-0.4, -0.2) is 82.2 Å². The molecule has 0 saturated carbocycles. The van der Waals surface area contributed by atoms with Crippen LogP contribution in [0.15, 0.2) is 18.2 Å². The molecule has 37 heavy (non-hydrogen) atoms. The Labute approximate surface area is 227 Å². The van der Waals surface area contributed by atoms with Gasteiger partial charge in [-0.05, 0) is 82.8 Å². The lowest BCUT2D eigenvalue weighted by atomic mass is 10.0. The minimum atomic E-state index is -4.72. The second-order valence-corrected chi connectivity index (χ2v) is 10.4. The van der Waals surface area contributed by atoms with Gasteiger partial charge in [-0.1, -0.05) is 6.42 Å². The number of rotatable bonds is 8. The van der Waals surface area contributed by atoms with Gasteiger partial charge in [0.05, 0.1) is 22.9 Å². The number of nitrogens with one attached hydrogen (secondary N) is 1. The number of piperazine rings is 1. The van der Waals surface area contributed by atoms with E-state index in [2.05, 4.69) is 15.1 Å². The first-order valence-electron chi connectivity index (χ1n) is 12.4. The second kappa shape index (κ2) is 11.9. The second-order valence-electron chi connectivity index (χ2n) is 9.70. The summed E-state index contributed by atoms with van der Waals surface area (Å²) in [5.74, 6) is -0.385. The Morgan fingerprint density at radius 1 is 1.14 bits per heavy atom. The van der Waals surface area contributed by atoms with Crippen LogP contribution in [0.2, 0.25) is 0 Å². The van der Waals surface area contributed by atoms with E-state index in [4.69, 9.17) is 29.7 Å². The van der Waals surface area contributed by atoms with Crippen LogP contribution < -0.4 is 10.2 Å². The third-order valence-electron chi connectivity index (χ3n) is 6.85. The van der Waals surface area contributed by atoms with Crippen molar-refractivity contribution in [2.75, 3.05) is 50.7 Å². The monoisotopic (exact) mass is 554 g/mol. The molecule has 3 rings (SSSR count). The van der Waals surface area contributed by atoms with E-state index in [0.29, 0.717) is 6.54 Å². The summed E-state index contributed by atoms with van der Waals surface area (Å²) in [6.07, 6.45) is -1.97. The molecule has 2 saturated heterocycles. The molecular weight excluding hydrogens is 521 g/mol. The van der Waals surface area contributed by atoms with E-state index >= 15 is 0 Å². The molecule has 2 aliphatic heterocycles. The molecule has 12 heteroatoms. The summed E-state index contributed by atoms with van der Waals surface area (Å²) in [6.45, 7) is 11.6. The fourth-order valence-corrected chi connectivity index (χ4v) is 5.50. The summed E-state index contributed by atoms with van der Waals surface area (Å²) in [6, 6.07) is 4.80. The maximum Gasteiger partial charge on any atom is 0.417 e. The van der Waals surface area contributed by atoms with Crippen molar-refractivity contribution in [1.82, 2.24) is 20.0 Å². The Morgan fingerprint density at radius 2 is 1.78 bits per heavy atom. The number of thiocarbonyl (C=S) groups is 2.